The second kappa shape index (κ2) is 5.57. The molecule has 0 spiro atoms. The van der Waals surface area contributed by atoms with Gasteiger partial charge in [-0.25, -0.2) is 13.1 Å². The van der Waals surface area contributed by atoms with Gasteiger partial charge in [-0.1, -0.05) is 0 Å². The van der Waals surface area contributed by atoms with Crippen molar-refractivity contribution in [2.75, 3.05) is 0 Å². The molecular weight excluding hydrogens is 312 g/mol. The van der Waals surface area contributed by atoms with E-state index < -0.39 is 10.0 Å². The van der Waals surface area contributed by atoms with Gasteiger partial charge in [0.05, 0.1) is 0 Å². The summed E-state index contributed by atoms with van der Waals surface area (Å²) in [6.07, 6.45) is 2.94. The largest absolute Gasteiger partial charge is 0.326 e. The molecule has 1 atom stereocenters. The van der Waals surface area contributed by atoms with Crippen LogP contribution in [0.5, 0.6) is 0 Å². The number of fused-ring (bicyclic) bond motifs is 1. The molecule has 1 aliphatic carbocycles. The normalized spacial score (nSPS) is 18.9. The minimum absolute atomic E-state index is 0.0987. The van der Waals surface area contributed by atoms with Crippen LogP contribution in [0.25, 0.3) is 0 Å². The fourth-order valence-electron chi connectivity index (χ4n) is 2.46. The lowest BCUT2D eigenvalue weighted by Crippen LogP contribution is -2.30. The zero-order valence-corrected chi connectivity index (χ0v) is 13.3. The topological polar surface area (TPSA) is 72.2 Å². The number of hydrogen-bond donors (Lipinski definition) is 2. The summed E-state index contributed by atoms with van der Waals surface area (Å²) in [7, 11) is -3.45. The molecule has 1 aliphatic rings. The van der Waals surface area contributed by atoms with Gasteiger partial charge in [-0.3, -0.25) is 0 Å². The third-order valence-electron chi connectivity index (χ3n) is 3.48. The van der Waals surface area contributed by atoms with Crippen LogP contribution in [0, 0.1) is 0 Å². The Balaban J connectivity index is 1.84. The predicted octanol–water partition coefficient (Wildman–Crippen LogP) is 2.62. The summed E-state index contributed by atoms with van der Waals surface area (Å²) < 4.78 is 28.0. The molecule has 0 bridgehead atoms. The fourth-order valence-corrected chi connectivity index (χ4v) is 5.93. The Bertz CT molecular complexity index is 703. The predicted molar refractivity (Wildman–Crippen MR) is 82.5 cm³/mol. The smallest absolute Gasteiger partial charge is 0.250 e. The van der Waals surface area contributed by atoms with E-state index in [-0.39, 0.29) is 6.04 Å². The van der Waals surface area contributed by atoms with Crippen LogP contribution in [0.3, 0.4) is 0 Å². The monoisotopic (exact) mass is 328 g/mol. The van der Waals surface area contributed by atoms with Crippen molar-refractivity contribution in [2.45, 2.75) is 36.1 Å². The number of aryl methyl sites for hydroxylation is 1. The van der Waals surface area contributed by atoms with Gasteiger partial charge in [0.25, 0.3) is 10.0 Å². The highest BCUT2D eigenvalue weighted by Crippen LogP contribution is 2.34. The third-order valence-corrected chi connectivity index (χ3v) is 7.44. The number of nitrogens with one attached hydrogen (secondary N) is 1. The Hall–Kier alpha value is -0.730. The SMILES string of the molecule is NCc1csc(S(=O)(=O)NC2CCCc3sccc32)c1. The summed E-state index contributed by atoms with van der Waals surface area (Å²) in [5.41, 5.74) is 7.53. The molecule has 1 unspecified atom stereocenters. The van der Waals surface area contributed by atoms with Crippen LogP contribution in [0.2, 0.25) is 0 Å². The third kappa shape index (κ3) is 2.68. The van der Waals surface area contributed by atoms with Gasteiger partial charge >= 0.3 is 0 Å². The molecule has 108 valence electrons. The van der Waals surface area contributed by atoms with E-state index in [1.54, 1.807) is 22.8 Å². The van der Waals surface area contributed by atoms with E-state index in [4.69, 9.17) is 5.73 Å². The molecule has 3 rings (SSSR count). The lowest BCUT2D eigenvalue weighted by molar-refractivity contribution is 0.512. The molecule has 3 N–H and O–H groups in total. The van der Waals surface area contributed by atoms with Crippen LogP contribution in [-0.4, -0.2) is 8.42 Å². The molecule has 7 heteroatoms. The summed E-state index contributed by atoms with van der Waals surface area (Å²) >= 11 is 2.94. The Morgan fingerprint density at radius 1 is 1.40 bits per heavy atom. The molecular formula is C13H16N2O2S3. The number of thiophene rings is 2. The molecule has 0 aliphatic heterocycles. The van der Waals surface area contributed by atoms with Crippen LogP contribution in [-0.2, 0) is 23.0 Å². The maximum Gasteiger partial charge on any atom is 0.250 e. The van der Waals surface area contributed by atoms with Crippen molar-refractivity contribution in [2.24, 2.45) is 5.73 Å². The van der Waals surface area contributed by atoms with Crippen LogP contribution in [0.15, 0.2) is 27.1 Å². The molecule has 2 heterocycles. The summed E-state index contributed by atoms with van der Waals surface area (Å²) in [6, 6.07) is 3.59. The Morgan fingerprint density at radius 3 is 3.00 bits per heavy atom. The quantitative estimate of drug-likeness (QED) is 0.906. The van der Waals surface area contributed by atoms with E-state index in [0.717, 1.165) is 30.4 Å². The van der Waals surface area contributed by atoms with Crippen LogP contribution >= 0.6 is 22.7 Å². The van der Waals surface area contributed by atoms with E-state index in [1.165, 1.54) is 16.2 Å². The zero-order chi connectivity index (χ0) is 14.2. The first-order valence-corrected chi connectivity index (χ1v) is 9.70. The Kier molecular flexibility index (Phi) is 3.96. The molecule has 2 aromatic heterocycles. The molecule has 0 radical (unpaired) electrons. The van der Waals surface area contributed by atoms with Gasteiger partial charge in [0.2, 0.25) is 0 Å². The van der Waals surface area contributed by atoms with Gasteiger partial charge in [0, 0.05) is 17.5 Å². The lowest BCUT2D eigenvalue weighted by atomic mass is 9.95. The van der Waals surface area contributed by atoms with Gasteiger partial charge in [-0.15, -0.1) is 22.7 Å². The highest BCUT2D eigenvalue weighted by molar-refractivity contribution is 7.91. The number of hydrogen-bond acceptors (Lipinski definition) is 5. The molecule has 0 fully saturated rings. The summed E-state index contributed by atoms with van der Waals surface area (Å²) in [4.78, 5) is 1.30. The first kappa shape index (κ1) is 14.2. The Morgan fingerprint density at radius 2 is 2.25 bits per heavy atom. The van der Waals surface area contributed by atoms with E-state index in [2.05, 4.69) is 4.72 Å². The first-order chi connectivity index (χ1) is 9.60. The molecule has 0 saturated heterocycles. The van der Waals surface area contributed by atoms with Crippen molar-refractivity contribution in [3.05, 3.63) is 38.9 Å². The van der Waals surface area contributed by atoms with Gasteiger partial charge in [-0.05, 0) is 53.3 Å². The number of sulfonamides is 1. The van der Waals surface area contributed by atoms with Crippen molar-refractivity contribution >= 4 is 32.7 Å². The van der Waals surface area contributed by atoms with Crippen molar-refractivity contribution in [3.8, 4) is 0 Å². The van der Waals surface area contributed by atoms with E-state index in [1.807, 2.05) is 11.4 Å². The van der Waals surface area contributed by atoms with Crippen LogP contribution < -0.4 is 10.5 Å². The summed E-state index contributed by atoms with van der Waals surface area (Å²) in [5.74, 6) is 0. The highest BCUT2D eigenvalue weighted by atomic mass is 32.2. The Labute approximate surface area is 126 Å². The molecule has 0 aromatic carbocycles. The number of nitrogens with two attached hydrogens (primary N) is 1. The molecule has 0 saturated carbocycles. The summed E-state index contributed by atoms with van der Waals surface area (Å²) in [5, 5.41) is 3.83. The molecule has 0 amide bonds. The molecule has 4 nitrogen and oxygen atoms in total. The minimum atomic E-state index is -3.45. The van der Waals surface area contributed by atoms with Gasteiger partial charge in [0.1, 0.15) is 4.21 Å². The van der Waals surface area contributed by atoms with Crippen molar-refractivity contribution < 1.29 is 8.42 Å². The van der Waals surface area contributed by atoms with Gasteiger partial charge in [-0.2, -0.15) is 0 Å². The maximum atomic E-state index is 12.4. The average Bonchev–Trinajstić information content (AvgIpc) is 3.08. The van der Waals surface area contributed by atoms with E-state index in [9.17, 15) is 8.42 Å². The second-order valence-corrected chi connectivity index (χ2v) is 8.70. The second-order valence-electron chi connectivity index (χ2n) is 4.84. The minimum Gasteiger partial charge on any atom is -0.326 e. The fraction of sp³-hybridized carbons (Fsp3) is 0.385. The van der Waals surface area contributed by atoms with Gasteiger partial charge in [0.15, 0.2) is 0 Å². The van der Waals surface area contributed by atoms with Crippen molar-refractivity contribution in [1.82, 2.24) is 4.72 Å². The van der Waals surface area contributed by atoms with Gasteiger partial charge < -0.3 is 5.73 Å². The van der Waals surface area contributed by atoms with Crippen LogP contribution in [0.1, 0.15) is 34.9 Å². The standard InChI is InChI=1S/C13H16N2O2S3/c14-7-9-6-13(19-8-9)20(16,17)15-11-2-1-3-12-10(11)4-5-18-12/h4-6,8,11,15H,1-3,7,14H2. The van der Waals surface area contributed by atoms with E-state index in [0.29, 0.717) is 10.8 Å². The maximum absolute atomic E-state index is 12.4. The average molecular weight is 328 g/mol. The lowest BCUT2D eigenvalue weighted by Gasteiger charge is -2.23. The summed E-state index contributed by atoms with van der Waals surface area (Å²) in [6.45, 7) is 0.365. The molecule has 2 aromatic rings. The van der Waals surface area contributed by atoms with Crippen molar-refractivity contribution in [1.29, 1.82) is 0 Å². The molecule has 20 heavy (non-hydrogen) atoms. The van der Waals surface area contributed by atoms with E-state index >= 15 is 0 Å². The highest BCUT2D eigenvalue weighted by Gasteiger charge is 2.27. The first-order valence-electron chi connectivity index (χ1n) is 6.46. The van der Waals surface area contributed by atoms with Crippen LogP contribution in [0.4, 0.5) is 0 Å². The number of rotatable bonds is 4. The van der Waals surface area contributed by atoms with Crippen molar-refractivity contribution in [3.63, 3.8) is 0 Å². The zero-order valence-electron chi connectivity index (χ0n) is 10.8.